The van der Waals surface area contributed by atoms with Gasteiger partial charge in [-0.3, -0.25) is 5.43 Å². The van der Waals surface area contributed by atoms with Gasteiger partial charge in [0.15, 0.2) is 0 Å². The molecule has 0 spiro atoms. The molecule has 0 bridgehead atoms. The number of nitrogens with one attached hydrogen (secondary N) is 2. The standard InChI is InChI=1S/C12H28N4O/c1-5-6-7-8-10(2)14-12(16-13)15-11(3)9-17-4/h10-11H,5-9,13H2,1-4H3,(H2,14,15,16). The Morgan fingerprint density at radius 1 is 1.35 bits per heavy atom. The van der Waals surface area contributed by atoms with Gasteiger partial charge >= 0.3 is 0 Å². The summed E-state index contributed by atoms with van der Waals surface area (Å²) in [5.41, 5.74) is 2.60. The minimum atomic E-state index is 0.192. The summed E-state index contributed by atoms with van der Waals surface area (Å²) in [6.07, 6.45) is 4.81. The zero-order valence-electron chi connectivity index (χ0n) is 11.6. The monoisotopic (exact) mass is 244 g/mol. The molecule has 2 atom stereocenters. The molecule has 4 N–H and O–H groups in total. The molecule has 0 rings (SSSR count). The Morgan fingerprint density at radius 3 is 2.59 bits per heavy atom. The van der Waals surface area contributed by atoms with Crippen LogP contribution in [0.2, 0.25) is 0 Å². The minimum Gasteiger partial charge on any atom is -0.383 e. The summed E-state index contributed by atoms with van der Waals surface area (Å²) in [7, 11) is 1.68. The van der Waals surface area contributed by atoms with Crippen LogP contribution in [0.1, 0.15) is 46.5 Å². The van der Waals surface area contributed by atoms with Crippen molar-refractivity contribution in [1.29, 1.82) is 0 Å². The molecule has 5 heteroatoms. The molecule has 0 aliphatic rings. The Morgan fingerprint density at radius 2 is 2.06 bits per heavy atom. The summed E-state index contributed by atoms with van der Waals surface area (Å²) in [6.45, 7) is 6.97. The van der Waals surface area contributed by atoms with Crippen LogP contribution >= 0.6 is 0 Å². The second kappa shape index (κ2) is 10.4. The molecule has 5 nitrogen and oxygen atoms in total. The number of nitrogens with two attached hydrogens (primary N) is 1. The van der Waals surface area contributed by atoms with Crippen molar-refractivity contribution in [2.75, 3.05) is 13.7 Å². The summed E-state index contributed by atoms with van der Waals surface area (Å²) >= 11 is 0. The summed E-state index contributed by atoms with van der Waals surface area (Å²) in [6, 6.07) is 0.479. The molecule has 102 valence electrons. The predicted octanol–water partition coefficient (Wildman–Crippen LogP) is 1.40. The van der Waals surface area contributed by atoms with E-state index in [0.717, 1.165) is 6.42 Å². The Kier molecular flexibility index (Phi) is 9.86. The Labute approximate surface area is 105 Å². The van der Waals surface area contributed by atoms with E-state index in [1.807, 2.05) is 6.92 Å². The highest BCUT2D eigenvalue weighted by Crippen LogP contribution is 2.05. The van der Waals surface area contributed by atoms with Crippen molar-refractivity contribution in [3.8, 4) is 0 Å². The molecular weight excluding hydrogens is 216 g/mol. The molecular formula is C12H28N4O. The second-order valence-electron chi connectivity index (χ2n) is 4.47. The van der Waals surface area contributed by atoms with E-state index < -0.39 is 0 Å². The number of guanidine groups is 1. The second-order valence-corrected chi connectivity index (χ2v) is 4.47. The van der Waals surface area contributed by atoms with Crippen molar-refractivity contribution in [2.45, 2.75) is 58.5 Å². The lowest BCUT2D eigenvalue weighted by atomic mass is 10.1. The van der Waals surface area contributed by atoms with Crippen molar-refractivity contribution in [3.63, 3.8) is 0 Å². The largest absolute Gasteiger partial charge is 0.383 e. The summed E-state index contributed by atoms with van der Waals surface area (Å²) in [5.74, 6) is 6.07. The summed E-state index contributed by atoms with van der Waals surface area (Å²) < 4.78 is 5.05. The molecule has 0 saturated heterocycles. The van der Waals surface area contributed by atoms with Crippen LogP contribution in [-0.2, 0) is 4.74 Å². The molecule has 0 heterocycles. The zero-order valence-corrected chi connectivity index (χ0v) is 11.6. The van der Waals surface area contributed by atoms with Gasteiger partial charge in [-0.05, 0) is 20.3 Å². The first-order valence-corrected chi connectivity index (χ1v) is 6.43. The van der Waals surface area contributed by atoms with Gasteiger partial charge in [0.05, 0.1) is 12.6 Å². The van der Waals surface area contributed by atoms with Gasteiger partial charge in [-0.2, -0.15) is 0 Å². The van der Waals surface area contributed by atoms with Gasteiger partial charge in [0.1, 0.15) is 0 Å². The van der Waals surface area contributed by atoms with E-state index in [1.54, 1.807) is 7.11 Å². The first-order chi connectivity index (χ1) is 8.13. The maximum Gasteiger partial charge on any atom is 0.206 e. The van der Waals surface area contributed by atoms with Crippen LogP contribution in [0.4, 0.5) is 0 Å². The Balaban J connectivity index is 4.04. The fraction of sp³-hybridized carbons (Fsp3) is 0.917. The number of nitrogens with zero attached hydrogens (tertiary/aromatic N) is 1. The Bertz CT molecular complexity index is 209. The SMILES string of the molecule is CCCCCC(C)N=C(NN)NC(C)COC. The maximum atomic E-state index is 5.44. The number of aliphatic imine (C=N–C) groups is 1. The number of ether oxygens (including phenoxy) is 1. The van der Waals surface area contributed by atoms with Crippen molar-refractivity contribution >= 4 is 5.96 Å². The van der Waals surface area contributed by atoms with Crippen LogP contribution in [0.5, 0.6) is 0 Å². The zero-order chi connectivity index (χ0) is 13.1. The van der Waals surface area contributed by atoms with Gasteiger partial charge in [-0.1, -0.05) is 26.2 Å². The third kappa shape index (κ3) is 8.94. The van der Waals surface area contributed by atoms with Gasteiger partial charge in [0, 0.05) is 13.2 Å². The molecule has 0 aliphatic carbocycles. The lowest BCUT2D eigenvalue weighted by molar-refractivity contribution is 0.179. The average Bonchev–Trinajstić information content (AvgIpc) is 2.28. The first kappa shape index (κ1) is 16.2. The van der Waals surface area contributed by atoms with Crippen LogP contribution in [0, 0.1) is 0 Å². The smallest absolute Gasteiger partial charge is 0.206 e. The molecule has 0 aromatic rings. The molecule has 0 aromatic heterocycles. The van der Waals surface area contributed by atoms with Crippen molar-refractivity contribution < 1.29 is 4.74 Å². The topological polar surface area (TPSA) is 71.7 Å². The van der Waals surface area contributed by atoms with Crippen LogP contribution in [0.3, 0.4) is 0 Å². The summed E-state index contributed by atoms with van der Waals surface area (Å²) in [5, 5.41) is 3.18. The van der Waals surface area contributed by atoms with Crippen molar-refractivity contribution in [1.82, 2.24) is 10.7 Å². The number of hydrogen-bond acceptors (Lipinski definition) is 3. The van der Waals surface area contributed by atoms with Gasteiger partial charge in [-0.25, -0.2) is 10.8 Å². The minimum absolute atomic E-state index is 0.192. The molecule has 17 heavy (non-hydrogen) atoms. The third-order valence-corrected chi connectivity index (χ3v) is 2.51. The molecule has 0 aromatic carbocycles. The maximum absolute atomic E-state index is 5.44. The number of hydrazine groups is 1. The van der Waals surface area contributed by atoms with Crippen LogP contribution in [0.25, 0.3) is 0 Å². The van der Waals surface area contributed by atoms with E-state index in [-0.39, 0.29) is 12.1 Å². The fourth-order valence-electron chi connectivity index (χ4n) is 1.62. The fourth-order valence-corrected chi connectivity index (χ4v) is 1.62. The van der Waals surface area contributed by atoms with Crippen molar-refractivity contribution in [2.24, 2.45) is 10.8 Å². The average molecular weight is 244 g/mol. The van der Waals surface area contributed by atoms with Gasteiger partial charge in [-0.15, -0.1) is 0 Å². The van der Waals surface area contributed by atoms with E-state index in [2.05, 4.69) is 29.6 Å². The highest BCUT2D eigenvalue weighted by atomic mass is 16.5. The number of hydrogen-bond donors (Lipinski definition) is 3. The van der Waals surface area contributed by atoms with Crippen LogP contribution in [0.15, 0.2) is 4.99 Å². The van der Waals surface area contributed by atoms with E-state index in [1.165, 1.54) is 19.3 Å². The van der Waals surface area contributed by atoms with Gasteiger partial charge in [0.25, 0.3) is 0 Å². The third-order valence-electron chi connectivity index (χ3n) is 2.51. The van der Waals surface area contributed by atoms with Crippen LogP contribution in [-0.4, -0.2) is 31.8 Å². The highest BCUT2D eigenvalue weighted by molar-refractivity contribution is 5.79. The first-order valence-electron chi connectivity index (χ1n) is 6.43. The van der Waals surface area contributed by atoms with E-state index >= 15 is 0 Å². The lowest BCUT2D eigenvalue weighted by Crippen LogP contribution is -2.47. The quantitative estimate of drug-likeness (QED) is 0.198. The summed E-state index contributed by atoms with van der Waals surface area (Å²) in [4.78, 5) is 4.50. The van der Waals surface area contributed by atoms with E-state index in [9.17, 15) is 0 Å². The highest BCUT2D eigenvalue weighted by Gasteiger charge is 2.06. The molecule has 0 fully saturated rings. The van der Waals surface area contributed by atoms with Crippen LogP contribution < -0.4 is 16.6 Å². The number of methoxy groups -OCH3 is 1. The number of rotatable bonds is 8. The van der Waals surface area contributed by atoms with Crippen molar-refractivity contribution in [3.05, 3.63) is 0 Å². The predicted molar refractivity (Wildman–Crippen MR) is 72.8 cm³/mol. The molecule has 2 unspecified atom stereocenters. The molecule has 0 saturated carbocycles. The molecule has 0 radical (unpaired) electrons. The molecule has 0 aliphatic heterocycles. The lowest BCUT2D eigenvalue weighted by Gasteiger charge is -2.17. The Hall–Kier alpha value is -0.810. The molecule has 0 amide bonds. The van der Waals surface area contributed by atoms with Gasteiger partial charge < -0.3 is 10.1 Å². The normalized spacial score (nSPS) is 15.5. The van der Waals surface area contributed by atoms with Gasteiger partial charge in [0.2, 0.25) is 5.96 Å². The van der Waals surface area contributed by atoms with E-state index in [4.69, 9.17) is 10.6 Å². The number of unbranched alkanes of at least 4 members (excludes halogenated alkanes) is 2. The van der Waals surface area contributed by atoms with E-state index in [0.29, 0.717) is 12.6 Å².